The molecule has 0 fully saturated rings. The molecule has 1 aromatic rings. The first-order valence-corrected chi connectivity index (χ1v) is 6.30. The molecule has 1 N–H and O–H groups in total. The fourth-order valence-corrected chi connectivity index (χ4v) is 2.39. The van der Waals surface area contributed by atoms with E-state index in [4.69, 9.17) is 4.74 Å². The fraction of sp³-hybridized carbons (Fsp3) is 0.467. The van der Waals surface area contributed by atoms with Crippen LogP contribution in [0.25, 0.3) is 0 Å². The van der Waals surface area contributed by atoms with E-state index in [0.717, 1.165) is 30.6 Å². The SMILES string of the molecule is COc1ccccc1C(O)CC1=CCCCC1. The van der Waals surface area contributed by atoms with Gasteiger partial charge in [-0.05, 0) is 38.2 Å². The van der Waals surface area contributed by atoms with Gasteiger partial charge in [0.25, 0.3) is 0 Å². The topological polar surface area (TPSA) is 29.5 Å². The number of benzene rings is 1. The third-order valence-electron chi connectivity index (χ3n) is 3.34. The summed E-state index contributed by atoms with van der Waals surface area (Å²) in [6, 6.07) is 7.70. The zero-order valence-corrected chi connectivity index (χ0v) is 10.4. The fourth-order valence-electron chi connectivity index (χ4n) is 2.39. The van der Waals surface area contributed by atoms with Gasteiger partial charge in [0.1, 0.15) is 5.75 Å². The van der Waals surface area contributed by atoms with Gasteiger partial charge >= 0.3 is 0 Å². The van der Waals surface area contributed by atoms with Gasteiger partial charge in [-0.15, -0.1) is 0 Å². The third kappa shape index (κ3) is 3.10. The van der Waals surface area contributed by atoms with Crippen LogP contribution in [0, 0.1) is 0 Å². The molecule has 1 unspecified atom stereocenters. The van der Waals surface area contributed by atoms with E-state index in [2.05, 4.69) is 6.08 Å². The predicted octanol–water partition coefficient (Wildman–Crippen LogP) is 3.62. The molecule has 1 aromatic carbocycles. The highest BCUT2D eigenvalue weighted by Crippen LogP contribution is 2.31. The van der Waals surface area contributed by atoms with Gasteiger partial charge < -0.3 is 9.84 Å². The number of para-hydroxylation sites is 1. The Kier molecular flexibility index (Phi) is 4.21. The van der Waals surface area contributed by atoms with Crippen LogP contribution in [0.4, 0.5) is 0 Å². The number of methoxy groups -OCH3 is 1. The molecule has 0 spiro atoms. The number of ether oxygens (including phenoxy) is 1. The molecule has 0 heterocycles. The zero-order chi connectivity index (χ0) is 12.1. The molecule has 2 nitrogen and oxygen atoms in total. The Morgan fingerprint density at radius 3 is 2.82 bits per heavy atom. The Morgan fingerprint density at radius 1 is 1.29 bits per heavy atom. The molecule has 2 rings (SSSR count). The van der Waals surface area contributed by atoms with Crippen LogP contribution < -0.4 is 4.74 Å². The zero-order valence-electron chi connectivity index (χ0n) is 10.4. The van der Waals surface area contributed by atoms with Crippen molar-refractivity contribution in [2.45, 2.75) is 38.2 Å². The average Bonchev–Trinajstić information content (AvgIpc) is 2.40. The van der Waals surface area contributed by atoms with Gasteiger partial charge in [-0.2, -0.15) is 0 Å². The molecule has 0 aromatic heterocycles. The number of allylic oxidation sites excluding steroid dienone is 1. The number of hydrogen-bond donors (Lipinski definition) is 1. The second-order valence-corrected chi connectivity index (χ2v) is 4.57. The van der Waals surface area contributed by atoms with Crippen LogP contribution >= 0.6 is 0 Å². The average molecular weight is 232 g/mol. The normalized spacial score (nSPS) is 17.4. The Hall–Kier alpha value is -1.28. The summed E-state index contributed by atoms with van der Waals surface area (Å²) in [4.78, 5) is 0. The number of aliphatic hydroxyl groups is 1. The lowest BCUT2D eigenvalue weighted by Crippen LogP contribution is -2.03. The second-order valence-electron chi connectivity index (χ2n) is 4.57. The van der Waals surface area contributed by atoms with E-state index in [1.54, 1.807) is 7.11 Å². The van der Waals surface area contributed by atoms with E-state index in [9.17, 15) is 5.11 Å². The van der Waals surface area contributed by atoms with Crippen molar-refractivity contribution >= 4 is 0 Å². The first kappa shape index (κ1) is 12.2. The van der Waals surface area contributed by atoms with Crippen molar-refractivity contribution in [2.24, 2.45) is 0 Å². The maximum Gasteiger partial charge on any atom is 0.124 e. The molecule has 0 amide bonds. The van der Waals surface area contributed by atoms with Crippen LogP contribution in [-0.2, 0) is 0 Å². The minimum atomic E-state index is -0.449. The van der Waals surface area contributed by atoms with E-state index >= 15 is 0 Å². The molecule has 1 aliphatic carbocycles. The number of aliphatic hydroxyl groups excluding tert-OH is 1. The van der Waals surface area contributed by atoms with Crippen molar-refractivity contribution in [1.82, 2.24) is 0 Å². The van der Waals surface area contributed by atoms with Gasteiger partial charge in [-0.25, -0.2) is 0 Å². The lowest BCUT2D eigenvalue weighted by molar-refractivity contribution is 0.172. The molecule has 17 heavy (non-hydrogen) atoms. The van der Waals surface area contributed by atoms with E-state index < -0.39 is 6.10 Å². The van der Waals surface area contributed by atoms with E-state index in [1.165, 1.54) is 18.4 Å². The van der Waals surface area contributed by atoms with Crippen LogP contribution in [0.5, 0.6) is 5.75 Å². The number of hydrogen-bond acceptors (Lipinski definition) is 2. The molecule has 1 aliphatic rings. The molecule has 92 valence electrons. The monoisotopic (exact) mass is 232 g/mol. The summed E-state index contributed by atoms with van der Waals surface area (Å²) in [6.45, 7) is 0. The third-order valence-corrected chi connectivity index (χ3v) is 3.34. The standard InChI is InChI=1S/C15H20O2/c1-17-15-10-6-5-9-13(15)14(16)11-12-7-3-2-4-8-12/h5-7,9-10,14,16H,2-4,8,11H2,1H3. The molecule has 0 aliphatic heterocycles. The Bertz CT molecular complexity index is 396. The van der Waals surface area contributed by atoms with Gasteiger partial charge in [0.05, 0.1) is 13.2 Å². The van der Waals surface area contributed by atoms with E-state index in [-0.39, 0.29) is 0 Å². The minimum Gasteiger partial charge on any atom is -0.496 e. The van der Waals surface area contributed by atoms with Gasteiger partial charge in [-0.1, -0.05) is 29.8 Å². The Balaban J connectivity index is 2.08. The van der Waals surface area contributed by atoms with Crippen LogP contribution in [-0.4, -0.2) is 12.2 Å². The lowest BCUT2D eigenvalue weighted by Gasteiger charge is -2.18. The van der Waals surface area contributed by atoms with Crippen molar-refractivity contribution < 1.29 is 9.84 Å². The molecule has 0 radical (unpaired) electrons. The minimum absolute atomic E-state index is 0.449. The number of rotatable bonds is 4. The highest BCUT2D eigenvalue weighted by atomic mass is 16.5. The van der Waals surface area contributed by atoms with Gasteiger partial charge in [0.15, 0.2) is 0 Å². The van der Waals surface area contributed by atoms with Crippen molar-refractivity contribution in [1.29, 1.82) is 0 Å². The smallest absolute Gasteiger partial charge is 0.124 e. The van der Waals surface area contributed by atoms with E-state index in [0.29, 0.717) is 0 Å². The summed E-state index contributed by atoms with van der Waals surface area (Å²) >= 11 is 0. The quantitative estimate of drug-likeness (QED) is 0.803. The van der Waals surface area contributed by atoms with Gasteiger partial charge in [0, 0.05) is 5.56 Å². The van der Waals surface area contributed by atoms with Crippen molar-refractivity contribution in [3.8, 4) is 5.75 Å². The summed E-state index contributed by atoms with van der Waals surface area (Å²) in [6.07, 6.45) is 7.40. The molecule has 0 bridgehead atoms. The van der Waals surface area contributed by atoms with Crippen LogP contribution in [0.1, 0.15) is 43.8 Å². The summed E-state index contributed by atoms with van der Waals surface area (Å²) in [7, 11) is 1.64. The van der Waals surface area contributed by atoms with Crippen molar-refractivity contribution in [3.05, 3.63) is 41.5 Å². The lowest BCUT2D eigenvalue weighted by atomic mass is 9.92. The largest absolute Gasteiger partial charge is 0.496 e. The maximum atomic E-state index is 10.3. The Morgan fingerprint density at radius 2 is 2.12 bits per heavy atom. The van der Waals surface area contributed by atoms with Crippen molar-refractivity contribution in [2.75, 3.05) is 7.11 Å². The van der Waals surface area contributed by atoms with E-state index in [1.807, 2.05) is 24.3 Å². The van der Waals surface area contributed by atoms with Crippen LogP contribution in [0.2, 0.25) is 0 Å². The maximum absolute atomic E-state index is 10.3. The molecule has 0 saturated carbocycles. The second kappa shape index (κ2) is 5.87. The summed E-state index contributed by atoms with van der Waals surface area (Å²) in [5.41, 5.74) is 2.27. The highest BCUT2D eigenvalue weighted by Gasteiger charge is 2.15. The predicted molar refractivity (Wildman–Crippen MR) is 69.1 cm³/mol. The first-order valence-electron chi connectivity index (χ1n) is 6.30. The van der Waals surface area contributed by atoms with Crippen LogP contribution in [0.15, 0.2) is 35.9 Å². The highest BCUT2D eigenvalue weighted by molar-refractivity contribution is 5.35. The molecule has 2 heteroatoms. The van der Waals surface area contributed by atoms with Crippen LogP contribution in [0.3, 0.4) is 0 Å². The van der Waals surface area contributed by atoms with Gasteiger partial charge in [0.2, 0.25) is 0 Å². The Labute approximate surface area is 103 Å². The summed E-state index contributed by atoms with van der Waals surface area (Å²) in [5, 5.41) is 10.3. The van der Waals surface area contributed by atoms with Crippen molar-refractivity contribution in [3.63, 3.8) is 0 Å². The summed E-state index contributed by atoms with van der Waals surface area (Å²) < 4.78 is 5.28. The molecule has 1 atom stereocenters. The first-order chi connectivity index (χ1) is 8.31. The molecule has 0 saturated heterocycles. The molecular weight excluding hydrogens is 212 g/mol. The van der Waals surface area contributed by atoms with Gasteiger partial charge in [-0.3, -0.25) is 0 Å². The summed E-state index contributed by atoms with van der Waals surface area (Å²) in [5.74, 6) is 0.774. The molecular formula is C15H20O2.